The maximum Gasteiger partial charge on any atom is 0.404 e. The minimum atomic E-state index is -3.32. The predicted octanol–water partition coefficient (Wildman–Crippen LogP) is 1.73. The number of benzene rings is 1. The van der Waals surface area contributed by atoms with Crippen LogP contribution in [0.2, 0.25) is 0 Å². The first-order chi connectivity index (χ1) is 14.3. The standard InChI is InChI=1S/C19H18N6O4S/c20-8-15-18(14-7-11-3-1-2-4-12(11)22-14)25-17(9-21-15)23-16-10-30(28,29)6-5-13(16)24-19(26)27/h1-4,7,9,13,16,22,24H,5-6,10H2,(H,23,25)(H,26,27)/t13-,16+/m0/s1. The number of carboxylic acid groups (broad SMARTS) is 1. The maximum absolute atomic E-state index is 12.1. The van der Waals surface area contributed by atoms with Crippen molar-refractivity contribution >= 4 is 32.7 Å². The summed E-state index contributed by atoms with van der Waals surface area (Å²) in [4.78, 5) is 22.9. The van der Waals surface area contributed by atoms with Crippen LogP contribution in [0, 0.1) is 11.3 Å². The van der Waals surface area contributed by atoms with Gasteiger partial charge in [-0.05, 0) is 18.6 Å². The lowest BCUT2D eigenvalue weighted by Gasteiger charge is -2.32. The highest BCUT2D eigenvalue weighted by Crippen LogP contribution is 2.26. The van der Waals surface area contributed by atoms with Crippen LogP contribution < -0.4 is 10.6 Å². The fourth-order valence-electron chi connectivity index (χ4n) is 3.57. The molecular weight excluding hydrogens is 408 g/mol. The van der Waals surface area contributed by atoms with Crippen molar-refractivity contribution in [2.24, 2.45) is 0 Å². The van der Waals surface area contributed by atoms with Crippen LogP contribution in [0.4, 0.5) is 10.6 Å². The summed E-state index contributed by atoms with van der Waals surface area (Å²) < 4.78 is 24.1. The normalized spacial score (nSPS) is 20.4. The van der Waals surface area contributed by atoms with Gasteiger partial charge < -0.3 is 20.7 Å². The van der Waals surface area contributed by atoms with Gasteiger partial charge in [-0.2, -0.15) is 5.26 Å². The second-order valence-electron chi connectivity index (χ2n) is 7.04. The molecule has 0 saturated carbocycles. The molecule has 10 nitrogen and oxygen atoms in total. The summed E-state index contributed by atoms with van der Waals surface area (Å²) in [6, 6.07) is 10.2. The fourth-order valence-corrected chi connectivity index (χ4v) is 5.22. The van der Waals surface area contributed by atoms with Crippen LogP contribution in [0.3, 0.4) is 0 Å². The Balaban J connectivity index is 1.68. The van der Waals surface area contributed by atoms with Gasteiger partial charge in [0.05, 0.1) is 35.5 Å². The van der Waals surface area contributed by atoms with Gasteiger partial charge in [-0.1, -0.05) is 18.2 Å². The number of fused-ring (bicyclic) bond motifs is 1. The maximum atomic E-state index is 12.1. The Hall–Kier alpha value is -3.65. The summed E-state index contributed by atoms with van der Waals surface area (Å²) >= 11 is 0. The van der Waals surface area contributed by atoms with Crippen LogP contribution in [0.5, 0.6) is 0 Å². The quantitative estimate of drug-likeness (QED) is 0.490. The molecule has 0 bridgehead atoms. The van der Waals surface area contributed by atoms with E-state index < -0.39 is 28.0 Å². The molecule has 154 valence electrons. The van der Waals surface area contributed by atoms with Crippen LogP contribution in [-0.2, 0) is 9.84 Å². The molecule has 1 aliphatic heterocycles. The fraction of sp³-hybridized carbons (Fsp3) is 0.263. The molecule has 1 aromatic carbocycles. The molecule has 30 heavy (non-hydrogen) atoms. The first kappa shape index (κ1) is 19.7. The van der Waals surface area contributed by atoms with Gasteiger partial charge in [0.2, 0.25) is 0 Å². The number of sulfone groups is 1. The average Bonchev–Trinajstić information content (AvgIpc) is 3.13. The predicted molar refractivity (Wildman–Crippen MR) is 110 cm³/mol. The summed E-state index contributed by atoms with van der Waals surface area (Å²) in [7, 11) is -3.32. The van der Waals surface area contributed by atoms with E-state index in [1.165, 1.54) is 6.20 Å². The number of rotatable bonds is 4. The third-order valence-corrected chi connectivity index (χ3v) is 6.69. The van der Waals surface area contributed by atoms with E-state index in [2.05, 4.69) is 25.6 Å². The SMILES string of the molecule is N#Cc1ncc(N[C@@H]2CS(=O)(=O)CC[C@@H]2NC(=O)O)nc1-c1cc2ccccc2[nH]1. The van der Waals surface area contributed by atoms with Crippen LogP contribution in [0.25, 0.3) is 22.3 Å². The van der Waals surface area contributed by atoms with Gasteiger partial charge in [-0.15, -0.1) is 0 Å². The zero-order chi connectivity index (χ0) is 21.3. The highest BCUT2D eigenvalue weighted by molar-refractivity contribution is 7.91. The lowest BCUT2D eigenvalue weighted by molar-refractivity contribution is 0.188. The molecule has 0 spiro atoms. The number of carbonyl (C=O) groups is 1. The molecule has 2 atom stereocenters. The number of hydrogen-bond acceptors (Lipinski definition) is 7. The van der Waals surface area contributed by atoms with Gasteiger partial charge >= 0.3 is 6.09 Å². The number of amides is 1. The van der Waals surface area contributed by atoms with E-state index in [4.69, 9.17) is 5.11 Å². The Morgan fingerprint density at radius 2 is 2.10 bits per heavy atom. The van der Waals surface area contributed by atoms with Gasteiger partial charge in [0.15, 0.2) is 15.5 Å². The van der Waals surface area contributed by atoms with Crippen LogP contribution >= 0.6 is 0 Å². The van der Waals surface area contributed by atoms with Crippen molar-refractivity contribution in [1.29, 1.82) is 5.26 Å². The molecule has 4 rings (SSSR count). The van der Waals surface area contributed by atoms with E-state index in [1.807, 2.05) is 36.4 Å². The molecular formula is C19H18N6O4S. The van der Waals surface area contributed by atoms with E-state index in [1.54, 1.807) is 0 Å². The van der Waals surface area contributed by atoms with Gasteiger partial charge in [-0.3, -0.25) is 0 Å². The molecule has 11 heteroatoms. The van der Waals surface area contributed by atoms with Crippen molar-refractivity contribution in [3.8, 4) is 17.5 Å². The minimum Gasteiger partial charge on any atom is -0.465 e. The Labute approximate surface area is 171 Å². The largest absolute Gasteiger partial charge is 0.465 e. The number of para-hydroxylation sites is 1. The Kier molecular flexibility index (Phi) is 5.01. The molecule has 3 aromatic rings. The molecule has 1 fully saturated rings. The van der Waals surface area contributed by atoms with Gasteiger partial charge in [0.25, 0.3) is 0 Å². The van der Waals surface area contributed by atoms with E-state index in [9.17, 15) is 18.5 Å². The van der Waals surface area contributed by atoms with Crippen molar-refractivity contribution in [2.45, 2.75) is 18.5 Å². The minimum absolute atomic E-state index is 0.0878. The Morgan fingerprint density at radius 1 is 1.30 bits per heavy atom. The second-order valence-corrected chi connectivity index (χ2v) is 9.27. The smallest absolute Gasteiger partial charge is 0.404 e. The van der Waals surface area contributed by atoms with Gasteiger partial charge in [0.1, 0.15) is 17.6 Å². The number of H-pyrrole nitrogens is 1. The molecule has 0 aliphatic carbocycles. The second kappa shape index (κ2) is 7.64. The molecule has 2 aromatic heterocycles. The van der Waals surface area contributed by atoms with E-state index in [0.29, 0.717) is 11.4 Å². The third kappa shape index (κ3) is 4.04. The lowest BCUT2D eigenvalue weighted by Crippen LogP contribution is -2.53. The first-order valence-corrected chi connectivity index (χ1v) is 11.0. The number of aromatic amines is 1. The van der Waals surface area contributed by atoms with E-state index >= 15 is 0 Å². The monoisotopic (exact) mass is 426 g/mol. The molecule has 1 aliphatic rings. The molecule has 3 heterocycles. The van der Waals surface area contributed by atoms with Crippen molar-refractivity contribution in [2.75, 3.05) is 16.8 Å². The average molecular weight is 426 g/mol. The Bertz CT molecular complexity index is 1230. The van der Waals surface area contributed by atoms with E-state index in [-0.39, 0.29) is 29.4 Å². The highest BCUT2D eigenvalue weighted by atomic mass is 32.2. The third-order valence-electron chi connectivity index (χ3n) is 4.96. The van der Waals surface area contributed by atoms with Gasteiger partial charge in [-0.25, -0.2) is 23.2 Å². The molecule has 0 radical (unpaired) electrons. The summed E-state index contributed by atoms with van der Waals surface area (Å²) in [6.45, 7) is 0. The summed E-state index contributed by atoms with van der Waals surface area (Å²) in [5.74, 6) is -0.0708. The summed E-state index contributed by atoms with van der Waals surface area (Å²) in [5, 5.41) is 24.8. The van der Waals surface area contributed by atoms with Crippen LogP contribution in [-0.4, -0.2) is 58.2 Å². The number of nitrogens with zero attached hydrogens (tertiary/aromatic N) is 3. The molecule has 4 N–H and O–H groups in total. The lowest BCUT2D eigenvalue weighted by atomic mass is 10.1. The van der Waals surface area contributed by atoms with Crippen LogP contribution in [0.1, 0.15) is 12.1 Å². The number of anilines is 1. The van der Waals surface area contributed by atoms with Crippen molar-refractivity contribution in [3.63, 3.8) is 0 Å². The number of hydrogen-bond donors (Lipinski definition) is 4. The topological polar surface area (TPSA) is 161 Å². The van der Waals surface area contributed by atoms with Crippen LogP contribution in [0.15, 0.2) is 36.5 Å². The molecule has 0 unspecified atom stereocenters. The van der Waals surface area contributed by atoms with Crippen molar-refractivity contribution < 1.29 is 18.3 Å². The number of nitriles is 1. The zero-order valence-corrected chi connectivity index (χ0v) is 16.5. The first-order valence-electron chi connectivity index (χ1n) is 9.16. The summed E-state index contributed by atoms with van der Waals surface area (Å²) in [5.41, 5.74) is 1.91. The zero-order valence-electron chi connectivity index (χ0n) is 15.7. The highest BCUT2D eigenvalue weighted by Gasteiger charge is 2.34. The van der Waals surface area contributed by atoms with E-state index in [0.717, 1.165) is 10.9 Å². The van der Waals surface area contributed by atoms with Crippen molar-refractivity contribution in [3.05, 3.63) is 42.2 Å². The molecule has 1 amide bonds. The molecule has 1 saturated heterocycles. The Morgan fingerprint density at radius 3 is 2.83 bits per heavy atom. The number of nitrogens with one attached hydrogen (secondary N) is 3. The summed E-state index contributed by atoms with van der Waals surface area (Å²) in [6.07, 6.45) is 0.269. The van der Waals surface area contributed by atoms with Crippen molar-refractivity contribution in [1.82, 2.24) is 20.3 Å². The van der Waals surface area contributed by atoms with Gasteiger partial charge in [0, 0.05) is 10.9 Å². The number of aromatic nitrogens is 3.